The summed E-state index contributed by atoms with van der Waals surface area (Å²) >= 11 is 1.07. The number of non-ortho nitro benzene ring substituents is 1. The SMILES string of the molecule is CC(=O)c1cccc(F)c1Sc1ccc([N+](=O)[O-])cc1. The van der Waals surface area contributed by atoms with Crippen LogP contribution in [0.15, 0.2) is 52.3 Å². The molecule has 0 bridgehead atoms. The first-order valence-corrected chi connectivity index (χ1v) is 6.52. The van der Waals surface area contributed by atoms with Gasteiger partial charge in [-0.15, -0.1) is 0 Å². The minimum atomic E-state index is -0.501. The van der Waals surface area contributed by atoms with Gasteiger partial charge in [-0.2, -0.15) is 0 Å². The third-order valence-corrected chi connectivity index (χ3v) is 3.74. The molecule has 0 aliphatic heterocycles. The maximum absolute atomic E-state index is 13.8. The highest BCUT2D eigenvalue weighted by atomic mass is 32.2. The van der Waals surface area contributed by atoms with Crippen LogP contribution in [0, 0.1) is 15.9 Å². The van der Waals surface area contributed by atoms with Crippen LogP contribution < -0.4 is 0 Å². The highest BCUT2D eigenvalue weighted by molar-refractivity contribution is 7.99. The summed E-state index contributed by atoms with van der Waals surface area (Å²) in [6, 6.07) is 10.1. The molecule has 20 heavy (non-hydrogen) atoms. The molecule has 0 spiro atoms. The van der Waals surface area contributed by atoms with Crippen molar-refractivity contribution < 1.29 is 14.1 Å². The maximum atomic E-state index is 13.8. The largest absolute Gasteiger partial charge is 0.294 e. The number of nitrogens with zero attached hydrogens (tertiary/aromatic N) is 1. The van der Waals surface area contributed by atoms with E-state index in [-0.39, 0.29) is 16.4 Å². The fourth-order valence-electron chi connectivity index (χ4n) is 1.64. The zero-order chi connectivity index (χ0) is 14.7. The fourth-order valence-corrected chi connectivity index (χ4v) is 2.64. The van der Waals surface area contributed by atoms with Crippen molar-refractivity contribution in [3.63, 3.8) is 0 Å². The zero-order valence-electron chi connectivity index (χ0n) is 10.5. The molecule has 0 atom stereocenters. The van der Waals surface area contributed by atoms with Gasteiger partial charge < -0.3 is 0 Å². The van der Waals surface area contributed by atoms with Crippen LogP contribution in [0.3, 0.4) is 0 Å². The number of hydrogen-bond donors (Lipinski definition) is 0. The standard InChI is InChI=1S/C14H10FNO3S/c1-9(17)12-3-2-4-13(15)14(12)20-11-7-5-10(6-8-11)16(18)19/h2-8H,1H3. The molecular weight excluding hydrogens is 281 g/mol. The zero-order valence-corrected chi connectivity index (χ0v) is 11.3. The molecule has 0 N–H and O–H groups in total. The Morgan fingerprint density at radius 1 is 1.20 bits per heavy atom. The molecule has 0 unspecified atom stereocenters. The van der Waals surface area contributed by atoms with Crippen LogP contribution in [0.4, 0.5) is 10.1 Å². The molecule has 2 aromatic carbocycles. The average Bonchev–Trinajstić information content (AvgIpc) is 2.41. The molecule has 0 heterocycles. The Balaban J connectivity index is 2.34. The lowest BCUT2D eigenvalue weighted by Gasteiger charge is -2.07. The number of ketones is 1. The van der Waals surface area contributed by atoms with Crippen molar-refractivity contribution in [2.75, 3.05) is 0 Å². The minimum absolute atomic E-state index is 0.0327. The Morgan fingerprint density at radius 2 is 1.85 bits per heavy atom. The molecule has 2 aromatic rings. The van der Waals surface area contributed by atoms with Crippen LogP contribution in [-0.2, 0) is 0 Å². The second kappa shape index (κ2) is 5.83. The molecule has 0 saturated carbocycles. The van der Waals surface area contributed by atoms with E-state index in [0.717, 1.165) is 11.8 Å². The molecule has 0 fully saturated rings. The summed E-state index contributed by atoms with van der Waals surface area (Å²) in [7, 11) is 0. The highest BCUT2D eigenvalue weighted by Gasteiger charge is 2.14. The topological polar surface area (TPSA) is 60.2 Å². The minimum Gasteiger partial charge on any atom is -0.294 e. The second-order valence-electron chi connectivity index (χ2n) is 4.03. The van der Waals surface area contributed by atoms with Crippen LogP contribution in [0.25, 0.3) is 0 Å². The molecule has 0 radical (unpaired) electrons. The van der Waals surface area contributed by atoms with E-state index in [0.29, 0.717) is 10.5 Å². The van der Waals surface area contributed by atoms with E-state index in [1.807, 2.05) is 0 Å². The second-order valence-corrected chi connectivity index (χ2v) is 5.11. The lowest BCUT2D eigenvalue weighted by atomic mass is 10.1. The van der Waals surface area contributed by atoms with Crippen molar-refractivity contribution in [1.29, 1.82) is 0 Å². The predicted octanol–water partition coefficient (Wildman–Crippen LogP) is 4.09. The lowest BCUT2D eigenvalue weighted by molar-refractivity contribution is -0.384. The molecule has 0 saturated heterocycles. The highest BCUT2D eigenvalue weighted by Crippen LogP contribution is 2.33. The van der Waals surface area contributed by atoms with Gasteiger partial charge >= 0.3 is 0 Å². The van der Waals surface area contributed by atoms with Gasteiger partial charge in [-0.3, -0.25) is 14.9 Å². The van der Waals surface area contributed by atoms with E-state index < -0.39 is 10.7 Å². The van der Waals surface area contributed by atoms with E-state index >= 15 is 0 Å². The molecular formula is C14H10FNO3S. The number of carbonyl (C=O) groups is 1. The average molecular weight is 291 g/mol. The van der Waals surface area contributed by atoms with Gasteiger partial charge in [0, 0.05) is 22.6 Å². The van der Waals surface area contributed by atoms with Crippen molar-refractivity contribution in [3.05, 3.63) is 64.0 Å². The summed E-state index contributed by atoms with van der Waals surface area (Å²) in [4.78, 5) is 22.4. The van der Waals surface area contributed by atoms with Crippen LogP contribution >= 0.6 is 11.8 Å². The van der Waals surface area contributed by atoms with Crippen molar-refractivity contribution >= 4 is 23.2 Å². The maximum Gasteiger partial charge on any atom is 0.269 e. The Kier molecular flexibility index (Phi) is 4.14. The Bertz CT molecular complexity index is 671. The third kappa shape index (κ3) is 3.03. The fraction of sp³-hybridized carbons (Fsp3) is 0.0714. The third-order valence-electron chi connectivity index (χ3n) is 2.61. The van der Waals surface area contributed by atoms with E-state index in [4.69, 9.17) is 0 Å². The van der Waals surface area contributed by atoms with Crippen molar-refractivity contribution in [2.24, 2.45) is 0 Å². The first-order valence-electron chi connectivity index (χ1n) is 5.71. The number of benzene rings is 2. The van der Waals surface area contributed by atoms with Gasteiger partial charge in [0.05, 0.1) is 9.82 Å². The van der Waals surface area contributed by atoms with Gasteiger partial charge in [-0.05, 0) is 25.1 Å². The Morgan fingerprint density at radius 3 is 2.40 bits per heavy atom. The summed E-state index contributed by atoms with van der Waals surface area (Å²) in [5, 5.41) is 10.6. The molecule has 6 heteroatoms. The number of Topliss-reactive ketones (excluding diaryl/α,β-unsaturated/α-hetero) is 1. The number of nitro benzene ring substituents is 1. The molecule has 102 valence electrons. The van der Waals surface area contributed by atoms with E-state index in [9.17, 15) is 19.3 Å². The molecule has 4 nitrogen and oxygen atoms in total. The van der Waals surface area contributed by atoms with Crippen LogP contribution in [0.1, 0.15) is 17.3 Å². The smallest absolute Gasteiger partial charge is 0.269 e. The number of halogens is 1. The van der Waals surface area contributed by atoms with Gasteiger partial charge in [0.15, 0.2) is 5.78 Å². The normalized spacial score (nSPS) is 10.3. The predicted molar refractivity (Wildman–Crippen MR) is 73.6 cm³/mol. The van der Waals surface area contributed by atoms with Crippen molar-refractivity contribution in [3.8, 4) is 0 Å². The van der Waals surface area contributed by atoms with E-state index in [1.54, 1.807) is 6.07 Å². The monoisotopic (exact) mass is 291 g/mol. The number of hydrogen-bond acceptors (Lipinski definition) is 4. The molecule has 0 aromatic heterocycles. The summed E-state index contributed by atoms with van der Waals surface area (Å²) in [5.74, 6) is -0.713. The summed E-state index contributed by atoms with van der Waals surface area (Å²) in [6.45, 7) is 1.37. The first kappa shape index (κ1) is 14.2. The van der Waals surface area contributed by atoms with Gasteiger partial charge in [0.1, 0.15) is 5.82 Å². The molecule has 0 amide bonds. The van der Waals surface area contributed by atoms with Gasteiger partial charge in [-0.1, -0.05) is 23.9 Å². The Labute approximate surface area is 118 Å². The lowest BCUT2D eigenvalue weighted by Crippen LogP contribution is -1.97. The molecule has 0 aliphatic rings. The van der Waals surface area contributed by atoms with Gasteiger partial charge in [0.2, 0.25) is 0 Å². The van der Waals surface area contributed by atoms with Crippen LogP contribution in [0.5, 0.6) is 0 Å². The van der Waals surface area contributed by atoms with E-state index in [2.05, 4.69) is 0 Å². The quantitative estimate of drug-likeness (QED) is 0.483. The Hall–Kier alpha value is -2.21. The molecule has 2 rings (SSSR count). The first-order chi connectivity index (χ1) is 9.49. The number of carbonyl (C=O) groups excluding carboxylic acids is 1. The van der Waals surface area contributed by atoms with Crippen molar-refractivity contribution in [1.82, 2.24) is 0 Å². The summed E-state index contributed by atoms with van der Waals surface area (Å²) < 4.78 is 13.8. The molecule has 0 aliphatic carbocycles. The van der Waals surface area contributed by atoms with Gasteiger partial charge in [0.25, 0.3) is 5.69 Å². The number of nitro groups is 1. The number of rotatable bonds is 4. The van der Waals surface area contributed by atoms with Crippen LogP contribution in [-0.4, -0.2) is 10.7 Å². The van der Waals surface area contributed by atoms with Crippen LogP contribution in [0.2, 0.25) is 0 Å². The summed E-state index contributed by atoms with van der Waals surface area (Å²) in [5.41, 5.74) is 0.267. The van der Waals surface area contributed by atoms with E-state index in [1.165, 1.54) is 43.3 Å². The summed E-state index contributed by atoms with van der Waals surface area (Å²) in [6.07, 6.45) is 0. The van der Waals surface area contributed by atoms with Gasteiger partial charge in [-0.25, -0.2) is 4.39 Å². The van der Waals surface area contributed by atoms with Crippen molar-refractivity contribution in [2.45, 2.75) is 16.7 Å².